The lowest BCUT2D eigenvalue weighted by Gasteiger charge is -2.16. The highest BCUT2D eigenvalue weighted by atomic mass is 16.5. The molecule has 3 rings (SSSR count). The van der Waals surface area contributed by atoms with Gasteiger partial charge in [0.15, 0.2) is 0 Å². The number of pyridine rings is 1. The first-order valence-corrected chi connectivity index (χ1v) is 6.80. The van der Waals surface area contributed by atoms with Crippen LogP contribution in [-0.2, 0) is 19.4 Å². The van der Waals surface area contributed by atoms with Gasteiger partial charge in [-0.25, -0.2) is 0 Å². The number of rotatable bonds is 3. The second kappa shape index (κ2) is 5.41. The van der Waals surface area contributed by atoms with Gasteiger partial charge in [-0.3, -0.25) is 4.98 Å². The molecule has 0 amide bonds. The first kappa shape index (κ1) is 12.2. The van der Waals surface area contributed by atoms with Crippen molar-refractivity contribution in [2.24, 2.45) is 5.73 Å². The second-order valence-corrected chi connectivity index (χ2v) is 4.93. The molecule has 0 spiro atoms. The molecule has 0 aliphatic heterocycles. The fourth-order valence-corrected chi connectivity index (χ4v) is 2.50. The number of nitrogens with zero attached hydrogens (tertiary/aromatic N) is 1. The first-order chi connectivity index (χ1) is 9.35. The average Bonchev–Trinajstić information content (AvgIpc) is 2.48. The maximum atomic E-state index is 5.84. The van der Waals surface area contributed by atoms with E-state index in [-0.39, 0.29) is 0 Å². The summed E-state index contributed by atoms with van der Waals surface area (Å²) in [6, 6.07) is 10.2. The van der Waals surface area contributed by atoms with Crippen LogP contribution in [0.3, 0.4) is 0 Å². The van der Waals surface area contributed by atoms with E-state index in [4.69, 9.17) is 10.5 Å². The number of aromatic nitrogens is 1. The third-order valence-electron chi connectivity index (χ3n) is 3.56. The van der Waals surface area contributed by atoms with Crippen LogP contribution >= 0.6 is 0 Å². The van der Waals surface area contributed by atoms with Crippen LogP contribution in [0.25, 0.3) is 0 Å². The number of fused-ring (bicyclic) bond motifs is 1. The number of ether oxygens (including phenoxy) is 1. The van der Waals surface area contributed by atoms with Crippen molar-refractivity contribution in [3.05, 3.63) is 53.3 Å². The van der Waals surface area contributed by atoms with Crippen molar-refractivity contribution in [3.8, 4) is 11.5 Å². The molecule has 1 aliphatic carbocycles. The first-order valence-electron chi connectivity index (χ1n) is 6.80. The van der Waals surface area contributed by atoms with Gasteiger partial charge in [-0.1, -0.05) is 6.07 Å². The summed E-state index contributed by atoms with van der Waals surface area (Å²) in [7, 11) is 0. The molecule has 2 N–H and O–H groups in total. The molecule has 0 bridgehead atoms. The summed E-state index contributed by atoms with van der Waals surface area (Å²) >= 11 is 0. The molecule has 0 unspecified atom stereocenters. The van der Waals surface area contributed by atoms with Crippen LogP contribution in [0, 0.1) is 0 Å². The molecule has 0 saturated heterocycles. The zero-order valence-corrected chi connectivity index (χ0v) is 10.9. The predicted octanol–water partition coefficient (Wildman–Crippen LogP) is 3.21. The number of hydrogen-bond acceptors (Lipinski definition) is 3. The number of aryl methyl sites for hydroxylation is 2. The SMILES string of the molecule is NCc1ccc(Oc2ccc3c(c2)CCCC3)cn1. The Balaban J connectivity index is 1.78. The molecule has 19 heavy (non-hydrogen) atoms. The van der Waals surface area contributed by atoms with Crippen LogP contribution in [0.15, 0.2) is 36.5 Å². The summed E-state index contributed by atoms with van der Waals surface area (Å²) in [5.41, 5.74) is 9.29. The molecule has 3 nitrogen and oxygen atoms in total. The summed E-state index contributed by atoms with van der Waals surface area (Å²) in [6.45, 7) is 0.457. The van der Waals surface area contributed by atoms with E-state index >= 15 is 0 Å². The third kappa shape index (κ3) is 2.76. The van der Waals surface area contributed by atoms with E-state index in [1.54, 1.807) is 6.20 Å². The van der Waals surface area contributed by atoms with Crippen molar-refractivity contribution >= 4 is 0 Å². The minimum Gasteiger partial charge on any atom is -0.456 e. The third-order valence-corrected chi connectivity index (χ3v) is 3.56. The quantitative estimate of drug-likeness (QED) is 0.915. The standard InChI is InChI=1S/C16H18N2O/c17-10-14-6-8-16(11-18-14)19-15-7-5-12-3-1-2-4-13(12)9-15/h5-9,11H,1-4,10,17H2. The summed E-state index contributed by atoms with van der Waals surface area (Å²) in [5, 5.41) is 0. The topological polar surface area (TPSA) is 48.1 Å². The van der Waals surface area contributed by atoms with Gasteiger partial charge in [0.2, 0.25) is 0 Å². The van der Waals surface area contributed by atoms with Gasteiger partial charge in [-0.15, -0.1) is 0 Å². The number of hydrogen-bond donors (Lipinski definition) is 1. The Morgan fingerprint density at radius 3 is 2.53 bits per heavy atom. The van der Waals surface area contributed by atoms with Gasteiger partial charge < -0.3 is 10.5 Å². The summed E-state index contributed by atoms with van der Waals surface area (Å²) in [6.07, 6.45) is 6.67. The smallest absolute Gasteiger partial charge is 0.145 e. The molecule has 98 valence electrons. The van der Waals surface area contributed by atoms with E-state index in [0.29, 0.717) is 6.54 Å². The molecule has 0 atom stereocenters. The Morgan fingerprint density at radius 2 is 1.79 bits per heavy atom. The molecule has 1 aromatic heterocycles. The molecule has 2 aromatic rings. The van der Waals surface area contributed by atoms with Crippen LogP contribution in [-0.4, -0.2) is 4.98 Å². The van der Waals surface area contributed by atoms with Crippen molar-refractivity contribution in [3.63, 3.8) is 0 Å². The van der Waals surface area contributed by atoms with Crippen molar-refractivity contribution in [1.29, 1.82) is 0 Å². The van der Waals surface area contributed by atoms with Crippen LogP contribution < -0.4 is 10.5 Å². The maximum Gasteiger partial charge on any atom is 0.145 e. The van der Waals surface area contributed by atoms with Crippen LogP contribution in [0.5, 0.6) is 11.5 Å². The normalized spacial score (nSPS) is 13.9. The van der Waals surface area contributed by atoms with E-state index in [2.05, 4.69) is 17.1 Å². The average molecular weight is 254 g/mol. The minimum absolute atomic E-state index is 0.457. The van der Waals surface area contributed by atoms with Crippen molar-refractivity contribution in [1.82, 2.24) is 4.98 Å². The lowest BCUT2D eigenvalue weighted by Crippen LogP contribution is -2.02. The van der Waals surface area contributed by atoms with E-state index in [1.165, 1.54) is 30.4 Å². The van der Waals surface area contributed by atoms with Gasteiger partial charge in [0.1, 0.15) is 11.5 Å². The molecule has 3 heteroatoms. The molecular weight excluding hydrogens is 236 g/mol. The van der Waals surface area contributed by atoms with Crippen molar-refractivity contribution in [2.75, 3.05) is 0 Å². The molecule has 0 saturated carbocycles. The Morgan fingerprint density at radius 1 is 1.00 bits per heavy atom. The van der Waals surface area contributed by atoms with E-state index in [9.17, 15) is 0 Å². The van der Waals surface area contributed by atoms with Gasteiger partial charge in [0, 0.05) is 6.54 Å². The Labute approximate surface area is 113 Å². The van der Waals surface area contributed by atoms with E-state index < -0.39 is 0 Å². The highest BCUT2D eigenvalue weighted by Crippen LogP contribution is 2.28. The van der Waals surface area contributed by atoms with Gasteiger partial charge >= 0.3 is 0 Å². The molecule has 1 aliphatic rings. The second-order valence-electron chi connectivity index (χ2n) is 4.93. The highest BCUT2D eigenvalue weighted by Gasteiger charge is 2.10. The number of benzene rings is 1. The maximum absolute atomic E-state index is 5.84. The summed E-state index contributed by atoms with van der Waals surface area (Å²) < 4.78 is 5.84. The van der Waals surface area contributed by atoms with Gasteiger partial charge in [0.25, 0.3) is 0 Å². The zero-order valence-electron chi connectivity index (χ0n) is 10.9. The largest absolute Gasteiger partial charge is 0.456 e. The predicted molar refractivity (Wildman–Crippen MR) is 75.3 cm³/mol. The zero-order chi connectivity index (χ0) is 13.1. The lowest BCUT2D eigenvalue weighted by molar-refractivity contribution is 0.478. The molecule has 0 fully saturated rings. The summed E-state index contributed by atoms with van der Waals surface area (Å²) in [5.74, 6) is 1.65. The fraction of sp³-hybridized carbons (Fsp3) is 0.312. The molecular formula is C16H18N2O. The lowest BCUT2D eigenvalue weighted by atomic mass is 9.92. The Bertz CT molecular complexity index is 563. The van der Waals surface area contributed by atoms with Crippen molar-refractivity contribution in [2.45, 2.75) is 32.2 Å². The fourth-order valence-electron chi connectivity index (χ4n) is 2.50. The van der Waals surface area contributed by atoms with Crippen molar-refractivity contribution < 1.29 is 4.74 Å². The van der Waals surface area contributed by atoms with Gasteiger partial charge in [-0.05, 0) is 61.1 Å². The molecule has 0 radical (unpaired) electrons. The number of nitrogens with two attached hydrogens (primary N) is 1. The molecule has 1 heterocycles. The van der Waals surface area contributed by atoms with Crippen LogP contribution in [0.2, 0.25) is 0 Å². The highest BCUT2D eigenvalue weighted by molar-refractivity contribution is 5.39. The van der Waals surface area contributed by atoms with E-state index in [1.807, 2.05) is 18.2 Å². The Kier molecular flexibility index (Phi) is 3.47. The van der Waals surface area contributed by atoms with Gasteiger partial charge in [-0.2, -0.15) is 0 Å². The summed E-state index contributed by atoms with van der Waals surface area (Å²) in [4.78, 5) is 4.23. The monoisotopic (exact) mass is 254 g/mol. The van der Waals surface area contributed by atoms with Gasteiger partial charge in [0.05, 0.1) is 11.9 Å². The van der Waals surface area contributed by atoms with Crippen LogP contribution in [0.1, 0.15) is 29.7 Å². The van der Waals surface area contributed by atoms with Crippen LogP contribution in [0.4, 0.5) is 0 Å². The Hall–Kier alpha value is -1.87. The minimum atomic E-state index is 0.457. The molecule has 1 aromatic carbocycles. The van der Waals surface area contributed by atoms with E-state index in [0.717, 1.165) is 23.6 Å².